The number of ether oxygens (including phenoxy) is 1. The van der Waals surface area contributed by atoms with E-state index in [1.807, 2.05) is 47.7 Å². The Labute approximate surface area is 187 Å². The summed E-state index contributed by atoms with van der Waals surface area (Å²) in [6, 6.07) is 10.2. The lowest BCUT2D eigenvalue weighted by atomic mass is 10.1. The minimum atomic E-state index is 0.157. The lowest BCUT2D eigenvalue weighted by molar-refractivity contribution is -0.128. The number of carbonyl (C=O) groups excluding carboxylic acids is 1. The highest BCUT2D eigenvalue weighted by Gasteiger charge is 2.19. The zero-order valence-corrected chi connectivity index (χ0v) is 18.3. The molecule has 32 heavy (non-hydrogen) atoms. The Hall–Kier alpha value is -2.94. The molecule has 5 rings (SSSR count). The second-order valence-electron chi connectivity index (χ2n) is 8.50. The molecule has 1 aromatic carbocycles. The molecule has 2 aromatic heterocycles. The Morgan fingerprint density at radius 1 is 1.22 bits per heavy atom. The summed E-state index contributed by atoms with van der Waals surface area (Å²) in [6.45, 7) is 6.89. The smallest absolute Gasteiger partial charge is 0.219 e. The van der Waals surface area contributed by atoms with Crippen LogP contribution in [0.25, 0.3) is 11.0 Å². The van der Waals surface area contributed by atoms with E-state index < -0.39 is 0 Å². The van der Waals surface area contributed by atoms with Crippen LogP contribution in [-0.2, 0) is 11.3 Å². The lowest BCUT2D eigenvalue weighted by Gasteiger charge is -2.20. The van der Waals surface area contributed by atoms with Crippen LogP contribution in [0, 0.1) is 0 Å². The van der Waals surface area contributed by atoms with Gasteiger partial charge in [0.2, 0.25) is 11.8 Å². The third kappa shape index (κ3) is 4.62. The monoisotopic (exact) mass is 435 g/mol. The highest BCUT2D eigenvalue weighted by Crippen LogP contribution is 2.29. The summed E-state index contributed by atoms with van der Waals surface area (Å²) < 4.78 is 11.8. The van der Waals surface area contributed by atoms with Gasteiger partial charge in [-0.05, 0) is 30.5 Å². The van der Waals surface area contributed by atoms with Crippen molar-refractivity contribution in [1.29, 1.82) is 0 Å². The molecule has 8 heteroatoms. The van der Waals surface area contributed by atoms with Crippen molar-refractivity contribution < 1.29 is 13.9 Å². The molecule has 4 heterocycles. The number of aromatic nitrogens is 1. The summed E-state index contributed by atoms with van der Waals surface area (Å²) in [5, 5.41) is 1.09. The maximum atomic E-state index is 11.7. The number of rotatable bonds is 5. The normalized spacial score (nSPS) is 19.9. The summed E-state index contributed by atoms with van der Waals surface area (Å²) in [5.41, 5.74) is 9.49. The fraction of sp³-hybridized carbons (Fsp3) is 0.417. The first-order valence-electron chi connectivity index (χ1n) is 11.3. The first-order chi connectivity index (χ1) is 15.7. The maximum absolute atomic E-state index is 11.7. The number of amides is 1. The van der Waals surface area contributed by atoms with Crippen LogP contribution in [0.5, 0.6) is 11.6 Å². The zero-order valence-electron chi connectivity index (χ0n) is 18.3. The molecular formula is C24H29N5O3. The average molecular weight is 436 g/mol. The van der Waals surface area contributed by atoms with Gasteiger partial charge in [0, 0.05) is 81.5 Å². The number of hydrogen-bond acceptors (Lipinski definition) is 7. The Morgan fingerprint density at radius 2 is 2.16 bits per heavy atom. The second-order valence-corrected chi connectivity index (χ2v) is 8.50. The van der Waals surface area contributed by atoms with Gasteiger partial charge >= 0.3 is 0 Å². The fourth-order valence-electron chi connectivity index (χ4n) is 4.45. The van der Waals surface area contributed by atoms with Crippen LogP contribution in [-0.4, -0.2) is 53.4 Å². The first kappa shape index (κ1) is 20.9. The van der Waals surface area contributed by atoms with Crippen molar-refractivity contribution in [2.75, 3.05) is 32.7 Å². The van der Waals surface area contributed by atoms with Crippen LogP contribution in [0.3, 0.4) is 0 Å². The quantitative estimate of drug-likeness (QED) is 0.637. The van der Waals surface area contributed by atoms with Crippen LogP contribution < -0.4 is 15.6 Å². The first-order valence-corrected chi connectivity index (χ1v) is 11.3. The van der Waals surface area contributed by atoms with Crippen LogP contribution in [0.4, 0.5) is 0 Å². The average Bonchev–Trinajstić information content (AvgIpc) is 3.40. The Balaban J connectivity index is 1.24. The van der Waals surface area contributed by atoms with Gasteiger partial charge in [0.25, 0.3) is 0 Å². The van der Waals surface area contributed by atoms with Crippen molar-refractivity contribution in [2.45, 2.75) is 32.4 Å². The van der Waals surface area contributed by atoms with Gasteiger partial charge in [-0.25, -0.2) is 4.98 Å². The predicted octanol–water partition coefficient (Wildman–Crippen LogP) is 3.21. The van der Waals surface area contributed by atoms with Crippen LogP contribution in [0.15, 0.2) is 47.2 Å². The van der Waals surface area contributed by atoms with Gasteiger partial charge in [0.15, 0.2) is 0 Å². The Morgan fingerprint density at radius 3 is 2.94 bits per heavy atom. The van der Waals surface area contributed by atoms with E-state index in [4.69, 9.17) is 9.15 Å². The SMILES string of the molecule is CC(=O)N1CCCN(Cc2coc3cc(Oc4ccc(C5CCNN5)cn4)ccc23)CC1. The topological polar surface area (TPSA) is 82.9 Å². The van der Waals surface area contributed by atoms with Crippen LogP contribution in [0.1, 0.15) is 36.9 Å². The number of benzene rings is 1. The Kier molecular flexibility index (Phi) is 6.07. The third-order valence-corrected chi connectivity index (χ3v) is 6.27. The van der Waals surface area contributed by atoms with Gasteiger partial charge in [-0.1, -0.05) is 6.07 Å². The lowest BCUT2D eigenvalue weighted by Crippen LogP contribution is -2.33. The molecular weight excluding hydrogens is 406 g/mol. The van der Waals surface area contributed by atoms with Crippen LogP contribution >= 0.6 is 0 Å². The van der Waals surface area contributed by atoms with Crippen molar-refractivity contribution in [3.63, 3.8) is 0 Å². The number of carbonyl (C=O) groups is 1. The van der Waals surface area contributed by atoms with Gasteiger partial charge < -0.3 is 14.1 Å². The summed E-state index contributed by atoms with van der Waals surface area (Å²) in [4.78, 5) is 20.4. The minimum Gasteiger partial charge on any atom is -0.464 e. The second kappa shape index (κ2) is 9.28. The Bertz CT molecular complexity index is 1070. The summed E-state index contributed by atoms with van der Waals surface area (Å²) in [5.74, 6) is 1.42. The number of nitrogens with zero attached hydrogens (tertiary/aromatic N) is 3. The van der Waals surface area contributed by atoms with Gasteiger partial charge in [-0.3, -0.25) is 20.5 Å². The molecule has 0 spiro atoms. The van der Waals surface area contributed by atoms with Crippen molar-refractivity contribution >= 4 is 16.9 Å². The highest BCUT2D eigenvalue weighted by molar-refractivity contribution is 5.82. The maximum Gasteiger partial charge on any atom is 0.219 e. The standard InChI is InChI=1S/C24H29N5O3/c1-17(30)29-10-2-9-28(11-12-29)15-19-16-31-23-13-20(4-5-21(19)23)32-24-6-3-18(14-25-24)22-7-8-26-27-22/h3-6,13-14,16,22,26-27H,2,7-12,15H2,1H3. The summed E-state index contributed by atoms with van der Waals surface area (Å²) in [6.07, 6.45) is 5.73. The van der Waals surface area contributed by atoms with E-state index in [0.29, 0.717) is 17.7 Å². The molecule has 168 valence electrons. The number of furan rings is 1. The third-order valence-electron chi connectivity index (χ3n) is 6.27. The van der Waals surface area contributed by atoms with Crippen molar-refractivity contribution in [3.05, 3.63) is 53.9 Å². The molecule has 0 radical (unpaired) electrons. The number of hydrogen-bond donors (Lipinski definition) is 2. The number of nitrogens with one attached hydrogen (secondary N) is 2. The molecule has 2 fully saturated rings. The van der Waals surface area contributed by atoms with Gasteiger partial charge in [-0.2, -0.15) is 0 Å². The van der Waals surface area contributed by atoms with E-state index >= 15 is 0 Å². The number of pyridine rings is 1. The van der Waals surface area contributed by atoms with E-state index in [1.165, 1.54) is 0 Å². The molecule has 0 saturated carbocycles. The summed E-state index contributed by atoms with van der Waals surface area (Å²) >= 11 is 0. The van der Waals surface area contributed by atoms with E-state index in [0.717, 1.165) is 74.2 Å². The molecule has 2 saturated heterocycles. The molecule has 1 unspecified atom stereocenters. The van der Waals surface area contributed by atoms with E-state index in [9.17, 15) is 4.79 Å². The predicted molar refractivity (Wildman–Crippen MR) is 121 cm³/mol. The van der Waals surface area contributed by atoms with E-state index in [2.05, 4.69) is 20.7 Å². The number of fused-ring (bicyclic) bond motifs is 1. The van der Waals surface area contributed by atoms with Crippen molar-refractivity contribution in [3.8, 4) is 11.6 Å². The summed E-state index contributed by atoms with van der Waals surface area (Å²) in [7, 11) is 0. The zero-order chi connectivity index (χ0) is 21.9. The van der Waals surface area contributed by atoms with Gasteiger partial charge in [0.1, 0.15) is 11.3 Å². The molecule has 3 aromatic rings. The number of hydrazine groups is 1. The molecule has 1 atom stereocenters. The molecule has 0 aliphatic carbocycles. The van der Waals surface area contributed by atoms with Gasteiger partial charge in [0.05, 0.1) is 6.26 Å². The van der Waals surface area contributed by atoms with Crippen molar-refractivity contribution in [1.82, 2.24) is 25.6 Å². The van der Waals surface area contributed by atoms with Gasteiger partial charge in [-0.15, -0.1) is 0 Å². The molecule has 8 nitrogen and oxygen atoms in total. The molecule has 2 N–H and O–H groups in total. The fourth-order valence-corrected chi connectivity index (χ4v) is 4.45. The highest BCUT2D eigenvalue weighted by atomic mass is 16.5. The molecule has 1 amide bonds. The van der Waals surface area contributed by atoms with Crippen LogP contribution in [0.2, 0.25) is 0 Å². The van der Waals surface area contributed by atoms with E-state index in [-0.39, 0.29) is 5.91 Å². The minimum absolute atomic E-state index is 0.157. The largest absolute Gasteiger partial charge is 0.464 e. The molecule has 0 bridgehead atoms. The molecule has 2 aliphatic rings. The molecule has 2 aliphatic heterocycles. The van der Waals surface area contributed by atoms with E-state index in [1.54, 1.807) is 6.92 Å². The van der Waals surface area contributed by atoms with Crippen molar-refractivity contribution in [2.24, 2.45) is 0 Å².